The van der Waals surface area contributed by atoms with E-state index in [0.29, 0.717) is 19.7 Å². The van der Waals surface area contributed by atoms with Gasteiger partial charge in [-0.05, 0) is 11.1 Å². The van der Waals surface area contributed by atoms with Crippen LogP contribution in [0.1, 0.15) is 17.5 Å². The van der Waals surface area contributed by atoms with Crippen molar-refractivity contribution in [1.82, 2.24) is 19.8 Å². The molecular weight excluding hydrogens is 292 g/mol. The fourth-order valence-electron chi connectivity index (χ4n) is 3.50. The van der Waals surface area contributed by atoms with Gasteiger partial charge in [0.25, 0.3) is 0 Å². The molecule has 1 aromatic heterocycles. The molecule has 6 heteroatoms. The number of benzene rings is 1. The number of ether oxygens (including phenoxy) is 1. The summed E-state index contributed by atoms with van der Waals surface area (Å²) < 4.78 is 8.03. The lowest BCUT2D eigenvalue weighted by Gasteiger charge is -2.25. The van der Waals surface area contributed by atoms with Gasteiger partial charge in [-0.1, -0.05) is 24.3 Å². The molecule has 1 spiro atoms. The molecule has 6 nitrogen and oxygen atoms in total. The van der Waals surface area contributed by atoms with E-state index < -0.39 is 0 Å². The molecule has 4 rings (SSSR count). The number of imidazole rings is 1. The molecule has 2 aliphatic heterocycles. The van der Waals surface area contributed by atoms with Crippen LogP contribution in [0.5, 0.6) is 0 Å². The zero-order chi connectivity index (χ0) is 15.7. The van der Waals surface area contributed by atoms with E-state index in [2.05, 4.69) is 22.4 Å². The number of urea groups is 1. The van der Waals surface area contributed by atoms with E-state index in [4.69, 9.17) is 4.74 Å². The van der Waals surface area contributed by atoms with Crippen LogP contribution >= 0.6 is 0 Å². The lowest BCUT2D eigenvalue weighted by Crippen LogP contribution is -2.41. The summed E-state index contributed by atoms with van der Waals surface area (Å²) in [6, 6.07) is 8.30. The first-order chi connectivity index (χ1) is 11.3. The van der Waals surface area contributed by atoms with Crippen molar-refractivity contribution in [2.45, 2.75) is 25.2 Å². The molecular formula is C17H20N4O2. The van der Waals surface area contributed by atoms with Crippen LogP contribution in [0.4, 0.5) is 4.79 Å². The lowest BCUT2D eigenvalue weighted by atomic mass is 9.92. The lowest BCUT2D eigenvalue weighted by molar-refractivity contribution is -0.0272. The van der Waals surface area contributed by atoms with Crippen molar-refractivity contribution in [3.05, 3.63) is 54.1 Å². The molecule has 2 amide bonds. The molecule has 1 N–H and O–H groups in total. The molecule has 1 fully saturated rings. The molecule has 3 heterocycles. The van der Waals surface area contributed by atoms with Crippen molar-refractivity contribution in [3.8, 4) is 0 Å². The molecule has 1 saturated heterocycles. The Morgan fingerprint density at radius 3 is 3.17 bits per heavy atom. The number of carbonyl (C=O) groups is 1. The third kappa shape index (κ3) is 2.59. The van der Waals surface area contributed by atoms with Crippen molar-refractivity contribution in [2.24, 2.45) is 0 Å². The van der Waals surface area contributed by atoms with Gasteiger partial charge in [0.1, 0.15) is 5.60 Å². The fraction of sp³-hybridized carbons (Fsp3) is 0.412. The van der Waals surface area contributed by atoms with Gasteiger partial charge in [-0.25, -0.2) is 9.78 Å². The first kappa shape index (κ1) is 14.3. The van der Waals surface area contributed by atoms with Gasteiger partial charge in [-0.2, -0.15) is 0 Å². The van der Waals surface area contributed by atoms with E-state index >= 15 is 0 Å². The second-order valence-electron chi connectivity index (χ2n) is 6.14. The number of fused-ring (bicyclic) bond motifs is 2. The largest absolute Gasteiger partial charge is 0.364 e. The minimum Gasteiger partial charge on any atom is -0.364 e. The second kappa shape index (κ2) is 5.70. The maximum atomic E-state index is 12.4. The van der Waals surface area contributed by atoms with Crippen LogP contribution in [0.2, 0.25) is 0 Å². The van der Waals surface area contributed by atoms with Gasteiger partial charge in [0.05, 0.1) is 19.5 Å². The Labute approximate surface area is 135 Å². The van der Waals surface area contributed by atoms with Gasteiger partial charge in [0.15, 0.2) is 0 Å². The molecule has 120 valence electrons. The number of likely N-dealkylation sites (tertiary alicyclic amines) is 1. The predicted octanol–water partition coefficient (Wildman–Crippen LogP) is 1.72. The van der Waals surface area contributed by atoms with Crippen LogP contribution in [-0.4, -0.2) is 40.1 Å². The highest BCUT2D eigenvalue weighted by Crippen LogP contribution is 2.43. The predicted molar refractivity (Wildman–Crippen MR) is 84.7 cm³/mol. The summed E-state index contributed by atoms with van der Waals surface area (Å²) in [5.74, 6) is 0. The average molecular weight is 312 g/mol. The molecule has 1 unspecified atom stereocenters. The Morgan fingerprint density at radius 2 is 2.30 bits per heavy atom. The minimum absolute atomic E-state index is 0.0185. The zero-order valence-corrected chi connectivity index (χ0v) is 12.9. The van der Waals surface area contributed by atoms with Crippen molar-refractivity contribution < 1.29 is 9.53 Å². The molecule has 0 aliphatic carbocycles. The topological polar surface area (TPSA) is 59.4 Å². The Balaban J connectivity index is 1.36. The van der Waals surface area contributed by atoms with Gasteiger partial charge in [-0.3, -0.25) is 0 Å². The maximum absolute atomic E-state index is 12.4. The maximum Gasteiger partial charge on any atom is 0.317 e. The minimum atomic E-state index is -0.307. The van der Waals surface area contributed by atoms with Crippen molar-refractivity contribution in [3.63, 3.8) is 0 Å². The van der Waals surface area contributed by atoms with Gasteiger partial charge in [0, 0.05) is 38.4 Å². The number of rotatable bonds is 3. The monoisotopic (exact) mass is 312 g/mol. The zero-order valence-electron chi connectivity index (χ0n) is 12.9. The summed E-state index contributed by atoms with van der Waals surface area (Å²) in [5.41, 5.74) is 2.18. The van der Waals surface area contributed by atoms with Crippen LogP contribution in [0.15, 0.2) is 43.0 Å². The Kier molecular flexibility index (Phi) is 3.53. The van der Waals surface area contributed by atoms with Gasteiger partial charge in [-0.15, -0.1) is 0 Å². The Bertz CT molecular complexity index is 700. The molecule has 1 atom stereocenters. The summed E-state index contributed by atoms with van der Waals surface area (Å²) in [7, 11) is 0. The standard InChI is InChI=1S/C17H20N4O2/c22-16(19-7-10-20-9-6-18-13-20)21-8-5-17(12-21)15-4-2-1-3-14(15)11-23-17/h1-4,6,9,13H,5,7-8,10-12H2,(H,19,22). The van der Waals surface area contributed by atoms with E-state index in [0.717, 1.165) is 19.5 Å². The number of nitrogens with zero attached hydrogens (tertiary/aromatic N) is 3. The molecule has 0 bridgehead atoms. The van der Waals surface area contributed by atoms with Crippen molar-refractivity contribution in [1.29, 1.82) is 0 Å². The summed E-state index contributed by atoms with van der Waals surface area (Å²) >= 11 is 0. The molecule has 2 aliphatic rings. The summed E-state index contributed by atoms with van der Waals surface area (Å²) in [6.07, 6.45) is 6.24. The van der Waals surface area contributed by atoms with E-state index in [1.54, 1.807) is 12.5 Å². The molecule has 23 heavy (non-hydrogen) atoms. The van der Waals surface area contributed by atoms with Crippen LogP contribution in [0.3, 0.4) is 0 Å². The fourth-order valence-corrected chi connectivity index (χ4v) is 3.50. The highest BCUT2D eigenvalue weighted by atomic mass is 16.5. The average Bonchev–Trinajstić information content (AvgIpc) is 3.30. The number of hydrogen-bond acceptors (Lipinski definition) is 3. The third-order valence-electron chi connectivity index (χ3n) is 4.74. The number of aromatic nitrogens is 2. The smallest absolute Gasteiger partial charge is 0.317 e. The van der Waals surface area contributed by atoms with Crippen LogP contribution in [-0.2, 0) is 23.5 Å². The molecule has 0 radical (unpaired) electrons. The van der Waals surface area contributed by atoms with E-state index in [9.17, 15) is 4.79 Å². The van der Waals surface area contributed by atoms with Crippen molar-refractivity contribution >= 4 is 6.03 Å². The SMILES string of the molecule is O=C(NCCn1ccnc1)N1CCC2(C1)OCc1ccccc12. The Morgan fingerprint density at radius 1 is 1.39 bits per heavy atom. The first-order valence-corrected chi connectivity index (χ1v) is 7.98. The molecule has 0 saturated carbocycles. The van der Waals surface area contributed by atoms with E-state index in [-0.39, 0.29) is 11.6 Å². The normalized spacial score (nSPS) is 22.5. The highest BCUT2D eigenvalue weighted by Gasteiger charge is 2.46. The number of carbonyl (C=O) groups excluding carboxylic acids is 1. The summed E-state index contributed by atoms with van der Waals surface area (Å²) in [5, 5.41) is 2.98. The van der Waals surface area contributed by atoms with Crippen molar-refractivity contribution in [2.75, 3.05) is 19.6 Å². The molecule has 1 aromatic carbocycles. The van der Waals surface area contributed by atoms with Gasteiger partial charge >= 0.3 is 6.03 Å². The summed E-state index contributed by atoms with van der Waals surface area (Å²) in [6.45, 7) is 3.32. The first-order valence-electron chi connectivity index (χ1n) is 7.98. The number of amides is 2. The third-order valence-corrected chi connectivity index (χ3v) is 4.74. The Hall–Kier alpha value is -2.34. The quantitative estimate of drug-likeness (QED) is 0.939. The van der Waals surface area contributed by atoms with Gasteiger partial charge < -0.3 is 19.5 Å². The summed E-state index contributed by atoms with van der Waals surface area (Å²) in [4.78, 5) is 18.2. The van der Waals surface area contributed by atoms with Crippen LogP contribution in [0.25, 0.3) is 0 Å². The highest BCUT2D eigenvalue weighted by molar-refractivity contribution is 5.74. The van der Waals surface area contributed by atoms with Crippen LogP contribution in [0, 0.1) is 0 Å². The van der Waals surface area contributed by atoms with Gasteiger partial charge in [0.2, 0.25) is 0 Å². The number of nitrogens with one attached hydrogen (secondary N) is 1. The van der Waals surface area contributed by atoms with Crippen LogP contribution < -0.4 is 5.32 Å². The molecule has 2 aromatic rings. The van der Waals surface area contributed by atoms with E-state index in [1.165, 1.54) is 11.1 Å². The van der Waals surface area contributed by atoms with E-state index in [1.807, 2.05) is 27.8 Å². The number of hydrogen-bond donors (Lipinski definition) is 1. The second-order valence-corrected chi connectivity index (χ2v) is 6.14.